The van der Waals surface area contributed by atoms with Crippen LogP contribution in [0.5, 0.6) is 0 Å². The van der Waals surface area contributed by atoms with Gasteiger partial charge in [0.2, 0.25) is 5.89 Å². The van der Waals surface area contributed by atoms with E-state index in [9.17, 15) is 18.7 Å². The van der Waals surface area contributed by atoms with Crippen LogP contribution in [0, 0.1) is 11.6 Å². The first kappa shape index (κ1) is 18.6. The molecule has 8 nitrogen and oxygen atoms in total. The lowest BCUT2D eigenvalue weighted by Gasteiger charge is -2.22. The Kier molecular flexibility index (Phi) is 4.66. The number of halogens is 2. The van der Waals surface area contributed by atoms with Crippen molar-refractivity contribution in [1.82, 2.24) is 15.0 Å². The lowest BCUT2D eigenvalue weighted by atomic mass is 10.2. The fraction of sp³-hybridized carbons (Fsp3) is 0.500. The summed E-state index contributed by atoms with van der Waals surface area (Å²) in [6, 6.07) is 0.903. The molecule has 28 heavy (non-hydrogen) atoms. The third kappa shape index (κ3) is 3.51. The van der Waals surface area contributed by atoms with Crippen molar-refractivity contribution in [2.24, 2.45) is 0 Å². The quantitative estimate of drug-likeness (QED) is 0.829. The van der Waals surface area contributed by atoms with Crippen molar-refractivity contribution >= 4 is 17.4 Å². The highest BCUT2D eigenvalue weighted by Crippen LogP contribution is 2.40. The van der Waals surface area contributed by atoms with Gasteiger partial charge in [0.15, 0.2) is 17.5 Å². The standard InChI is InChI=1S/C18H21F2N5O3/c1-24(2)15-12(19)5-10(6-13(15)20)21-18(27)25-8-11(26)7-14(25)17-22-16(23-28-17)9-3-4-9/h5-6,9,11,14,26H,3-4,7-8H2,1-2H3,(H,21,27)/t11-,14+/m0/s1. The molecule has 1 aliphatic heterocycles. The van der Waals surface area contributed by atoms with Gasteiger partial charge >= 0.3 is 6.03 Å². The van der Waals surface area contributed by atoms with Gasteiger partial charge in [-0.1, -0.05) is 5.16 Å². The van der Waals surface area contributed by atoms with Crippen LogP contribution >= 0.6 is 0 Å². The Morgan fingerprint density at radius 2 is 2.00 bits per heavy atom. The van der Waals surface area contributed by atoms with Crippen LogP contribution in [0.1, 0.15) is 42.9 Å². The molecule has 10 heteroatoms. The maximum absolute atomic E-state index is 14.2. The number of nitrogens with zero attached hydrogens (tertiary/aromatic N) is 4. The molecule has 2 aromatic rings. The van der Waals surface area contributed by atoms with Crippen LogP contribution in [0.3, 0.4) is 0 Å². The Morgan fingerprint density at radius 3 is 2.61 bits per heavy atom. The molecule has 2 N–H and O–H groups in total. The van der Waals surface area contributed by atoms with Crippen LogP contribution in [0.15, 0.2) is 16.7 Å². The zero-order valence-electron chi connectivity index (χ0n) is 15.5. The highest BCUT2D eigenvalue weighted by molar-refractivity contribution is 5.90. The Morgan fingerprint density at radius 1 is 1.32 bits per heavy atom. The third-order valence-corrected chi connectivity index (χ3v) is 4.94. The van der Waals surface area contributed by atoms with Gasteiger partial charge in [-0.3, -0.25) is 0 Å². The van der Waals surface area contributed by atoms with Crippen LogP contribution in [0.2, 0.25) is 0 Å². The van der Waals surface area contributed by atoms with Gasteiger partial charge in [0.1, 0.15) is 11.7 Å². The van der Waals surface area contributed by atoms with Crippen LogP contribution in [-0.2, 0) is 0 Å². The predicted octanol–water partition coefficient (Wildman–Crippen LogP) is 2.63. The topological polar surface area (TPSA) is 94.7 Å². The molecular weight excluding hydrogens is 372 g/mol. The number of benzene rings is 1. The fourth-order valence-corrected chi connectivity index (χ4v) is 3.42. The molecular formula is C18H21F2N5O3. The van der Waals surface area contributed by atoms with E-state index in [1.54, 1.807) is 0 Å². The number of amides is 2. The van der Waals surface area contributed by atoms with E-state index >= 15 is 0 Å². The van der Waals surface area contributed by atoms with Gasteiger partial charge in [0.05, 0.1) is 6.10 Å². The Balaban J connectivity index is 1.52. The number of carbonyl (C=O) groups excluding carboxylic acids is 1. The molecule has 1 saturated heterocycles. The molecule has 0 radical (unpaired) electrons. The van der Waals surface area contributed by atoms with Gasteiger partial charge < -0.3 is 24.7 Å². The minimum absolute atomic E-state index is 0.0186. The number of rotatable bonds is 4. The number of hydrogen-bond donors (Lipinski definition) is 2. The summed E-state index contributed by atoms with van der Waals surface area (Å²) >= 11 is 0. The number of nitrogens with one attached hydrogen (secondary N) is 1. The summed E-state index contributed by atoms with van der Waals surface area (Å²) in [6.07, 6.45) is 1.52. The van der Waals surface area contributed by atoms with E-state index in [1.165, 1.54) is 23.9 Å². The maximum atomic E-state index is 14.2. The first-order valence-corrected chi connectivity index (χ1v) is 9.09. The number of carbonyl (C=O) groups is 1. The molecule has 0 unspecified atom stereocenters. The van der Waals surface area contributed by atoms with Crippen LogP contribution in [0.25, 0.3) is 0 Å². The number of anilines is 2. The number of aromatic nitrogens is 2. The summed E-state index contributed by atoms with van der Waals surface area (Å²) < 4.78 is 33.6. The van der Waals surface area contributed by atoms with Crippen molar-refractivity contribution in [2.45, 2.75) is 37.3 Å². The van der Waals surface area contributed by atoms with Crippen molar-refractivity contribution in [3.05, 3.63) is 35.5 Å². The second-order valence-corrected chi connectivity index (χ2v) is 7.44. The molecule has 1 saturated carbocycles. The number of hydrogen-bond acceptors (Lipinski definition) is 6. The molecule has 1 aliphatic carbocycles. The van der Waals surface area contributed by atoms with Crippen molar-refractivity contribution < 1.29 is 23.2 Å². The molecule has 2 heterocycles. The molecule has 2 amide bonds. The number of β-amino-alcohol motifs (C(OH)–C–C–N with tert-alkyl or cyclic N) is 1. The van der Waals surface area contributed by atoms with Gasteiger partial charge in [-0.15, -0.1) is 0 Å². The Labute approximate surface area is 160 Å². The van der Waals surface area contributed by atoms with E-state index in [0.717, 1.165) is 25.0 Å². The molecule has 150 valence electrons. The Hall–Kier alpha value is -2.75. The summed E-state index contributed by atoms with van der Waals surface area (Å²) in [6.45, 7) is 0.0540. The van der Waals surface area contributed by atoms with Crippen LogP contribution < -0.4 is 10.2 Å². The number of aliphatic hydroxyl groups is 1. The van der Waals surface area contributed by atoms with E-state index in [0.29, 0.717) is 11.7 Å². The van der Waals surface area contributed by atoms with Crippen LogP contribution in [0.4, 0.5) is 25.0 Å². The van der Waals surface area contributed by atoms with Crippen molar-refractivity contribution in [3.63, 3.8) is 0 Å². The third-order valence-electron chi connectivity index (χ3n) is 4.94. The second kappa shape index (κ2) is 7.01. The monoisotopic (exact) mass is 393 g/mol. The lowest BCUT2D eigenvalue weighted by molar-refractivity contribution is 0.174. The van der Waals surface area contributed by atoms with Gasteiger partial charge in [-0.05, 0) is 25.0 Å². The molecule has 2 fully saturated rings. The number of aliphatic hydroxyl groups excluding tert-OH is 1. The zero-order chi connectivity index (χ0) is 20.0. The molecule has 0 bridgehead atoms. The average Bonchev–Trinajstić information content (AvgIpc) is 3.20. The fourth-order valence-electron chi connectivity index (χ4n) is 3.42. The van der Waals surface area contributed by atoms with Crippen LogP contribution in [-0.4, -0.2) is 52.9 Å². The smallest absolute Gasteiger partial charge is 0.322 e. The number of likely N-dealkylation sites (tertiary alicyclic amines) is 1. The van der Waals surface area contributed by atoms with E-state index in [1.807, 2.05) is 0 Å². The van der Waals surface area contributed by atoms with E-state index in [-0.39, 0.29) is 30.2 Å². The molecule has 4 rings (SSSR count). The molecule has 1 aromatic heterocycles. The highest BCUT2D eigenvalue weighted by atomic mass is 19.1. The van der Waals surface area contributed by atoms with Crippen molar-refractivity contribution in [1.29, 1.82) is 0 Å². The van der Waals surface area contributed by atoms with Gasteiger partial charge in [0, 0.05) is 38.7 Å². The highest BCUT2D eigenvalue weighted by Gasteiger charge is 2.40. The summed E-state index contributed by atoms with van der Waals surface area (Å²) in [5.41, 5.74) is -0.208. The van der Waals surface area contributed by atoms with E-state index < -0.39 is 29.8 Å². The lowest BCUT2D eigenvalue weighted by Crippen LogP contribution is -2.35. The van der Waals surface area contributed by atoms with Gasteiger partial charge in [0.25, 0.3) is 0 Å². The predicted molar refractivity (Wildman–Crippen MR) is 96.0 cm³/mol. The van der Waals surface area contributed by atoms with E-state index in [4.69, 9.17) is 4.52 Å². The SMILES string of the molecule is CN(C)c1c(F)cc(NC(=O)N2C[C@@H](O)C[C@@H]2c2nc(C3CC3)no2)cc1F. The second-order valence-electron chi connectivity index (χ2n) is 7.44. The Bertz CT molecular complexity index is 876. The minimum Gasteiger partial charge on any atom is -0.391 e. The largest absolute Gasteiger partial charge is 0.391 e. The molecule has 2 aliphatic rings. The zero-order valence-corrected chi connectivity index (χ0v) is 15.5. The maximum Gasteiger partial charge on any atom is 0.322 e. The minimum atomic E-state index is -0.788. The van der Waals surface area contributed by atoms with Gasteiger partial charge in [-0.2, -0.15) is 4.98 Å². The molecule has 1 aromatic carbocycles. The number of urea groups is 1. The van der Waals surface area contributed by atoms with Gasteiger partial charge in [-0.25, -0.2) is 13.6 Å². The normalized spacial score (nSPS) is 21.8. The van der Waals surface area contributed by atoms with E-state index in [2.05, 4.69) is 15.5 Å². The van der Waals surface area contributed by atoms with Crippen molar-refractivity contribution in [2.75, 3.05) is 30.9 Å². The molecule has 2 atom stereocenters. The average molecular weight is 393 g/mol. The summed E-state index contributed by atoms with van der Waals surface area (Å²) in [5.74, 6) is -0.407. The summed E-state index contributed by atoms with van der Waals surface area (Å²) in [4.78, 5) is 19.7. The summed E-state index contributed by atoms with van der Waals surface area (Å²) in [5, 5.41) is 16.4. The molecule has 0 spiro atoms. The summed E-state index contributed by atoms with van der Waals surface area (Å²) in [7, 11) is 3.05. The first-order valence-electron chi connectivity index (χ1n) is 9.09. The first-order chi connectivity index (χ1) is 13.3. The van der Waals surface area contributed by atoms with Crippen molar-refractivity contribution in [3.8, 4) is 0 Å².